The molecule has 0 spiro atoms. The molecule has 0 atom stereocenters. The second-order valence-corrected chi connectivity index (χ2v) is 13.6. The molecule has 250 valence electrons. The van der Waals surface area contributed by atoms with Crippen LogP contribution in [-0.4, -0.2) is 9.97 Å². The minimum Gasteiger partial charge on any atom is -0.457 e. The van der Waals surface area contributed by atoms with Gasteiger partial charge in [-0.2, -0.15) is 0 Å². The van der Waals surface area contributed by atoms with E-state index in [1.807, 2.05) is 48.8 Å². The van der Waals surface area contributed by atoms with Crippen LogP contribution in [0.4, 0.5) is 0 Å². The van der Waals surface area contributed by atoms with Crippen molar-refractivity contribution in [2.45, 2.75) is 26.2 Å². The van der Waals surface area contributed by atoms with Gasteiger partial charge >= 0.3 is 0 Å². The van der Waals surface area contributed by atoms with E-state index >= 15 is 0 Å². The highest BCUT2D eigenvalue weighted by Gasteiger charge is 2.46. The van der Waals surface area contributed by atoms with Crippen molar-refractivity contribution in [1.82, 2.24) is 9.97 Å². The lowest BCUT2D eigenvalue weighted by Gasteiger charge is -2.40. The number of benzene rings is 6. The highest BCUT2D eigenvalue weighted by atomic mass is 16.5. The Kier molecular flexibility index (Phi) is 7.66. The van der Waals surface area contributed by atoms with Crippen molar-refractivity contribution in [3.63, 3.8) is 0 Å². The lowest BCUT2D eigenvalue weighted by atomic mass is 9.65. The molecule has 0 amide bonds. The van der Waals surface area contributed by atoms with E-state index in [4.69, 9.17) is 19.4 Å². The predicted molar refractivity (Wildman–Crippen MR) is 210 cm³/mol. The normalized spacial score (nSPS) is 12.8. The van der Waals surface area contributed by atoms with Crippen molar-refractivity contribution < 1.29 is 9.47 Å². The summed E-state index contributed by atoms with van der Waals surface area (Å²) in [5.41, 5.74) is 11.2. The van der Waals surface area contributed by atoms with Crippen molar-refractivity contribution in [1.29, 1.82) is 0 Å². The molecule has 3 heterocycles. The molecule has 0 unspecified atom stereocenters. The van der Waals surface area contributed by atoms with Crippen molar-refractivity contribution in [2.75, 3.05) is 0 Å². The smallest absolute Gasteiger partial charge is 0.132 e. The molecule has 0 saturated heterocycles. The van der Waals surface area contributed by atoms with Crippen LogP contribution in [-0.2, 0) is 5.41 Å². The Labute approximate surface area is 304 Å². The number of hydrogen-bond acceptors (Lipinski definition) is 4. The Bertz CT molecular complexity index is 2550. The van der Waals surface area contributed by atoms with Gasteiger partial charge in [-0.25, -0.2) is 0 Å². The first-order valence-corrected chi connectivity index (χ1v) is 17.6. The van der Waals surface area contributed by atoms with Crippen LogP contribution in [0.1, 0.15) is 39.1 Å². The van der Waals surface area contributed by atoms with E-state index in [1.165, 1.54) is 22.3 Å². The van der Waals surface area contributed by atoms with E-state index in [0.717, 1.165) is 73.0 Å². The maximum atomic E-state index is 6.93. The van der Waals surface area contributed by atoms with E-state index in [9.17, 15) is 0 Å². The molecule has 0 saturated carbocycles. The van der Waals surface area contributed by atoms with Gasteiger partial charge in [0.25, 0.3) is 0 Å². The summed E-state index contributed by atoms with van der Waals surface area (Å²) in [5.74, 6) is 3.07. The molecular weight excluding hydrogens is 637 g/mol. The molecule has 1 aliphatic rings. The van der Waals surface area contributed by atoms with E-state index in [1.54, 1.807) is 0 Å². The molecular formula is C48H36N2O2. The number of hydrogen-bond donors (Lipinski definition) is 0. The molecule has 0 bridgehead atoms. The quantitative estimate of drug-likeness (QED) is 0.176. The average Bonchev–Trinajstić information content (AvgIpc) is 3.17. The zero-order valence-corrected chi connectivity index (χ0v) is 29.3. The molecule has 2 aromatic heterocycles. The fraction of sp³-hybridized carbons (Fsp3) is 0.0833. The van der Waals surface area contributed by atoms with Crippen molar-refractivity contribution in [3.8, 4) is 45.4 Å². The maximum absolute atomic E-state index is 6.93. The summed E-state index contributed by atoms with van der Waals surface area (Å²) >= 11 is 0. The minimum atomic E-state index is -0.748. The Morgan fingerprint density at radius 2 is 1.23 bits per heavy atom. The second kappa shape index (κ2) is 12.7. The predicted octanol–water partition coefficient (Wildman–Crippen LogP) is 12.2. The number of aryl methyl sites for hydroxylation is 3. The summed E-state index contributed by atoms with van der Waals surface area (Å²) in [4.78, 5) is 9.90. The molecule has 4 nitrogen and oxygen atoms in total. The van der Waals surface area contributed by atoms with Gasteiger partial charge in [0.1, 0.15) is 23.0 Å². The van der Waals surface area contributed by atoms with E-state index in [0.29, 0.717) is 0 Å². The van der Waals surface area contributed by atoms with Gasteiger partial charge in [0.2, 0.25) is 0 Å². The largest absolute Gasteiger partial charge is 0.457 e. The van der Waals surface area contributed by atoms with Gasteiger partial charge in [0.05, 0.1) is 16.8 Å². The lowest BCUT2D eigenvalue weighted by molar-refractivity contribution is 0.431. The van der Waals surface area contributed by atoms with Crippen molar-refractivity contribution in [2.24, 2.45) is 0 Å². The van der Waals surface area contributed by atoms with Gasteiger partial charge in [-0.15, -0.1) is 0 Å². The molecule has 8 aromatic rings. The SMILES string of the molecule is Cc1cc(C)c(-c2cc(Oc3cccc(C4(c5ccccn5)c5ccccc5Oc5ccccc54)c3)cc(-c3nccc4ccccc34)c2)c(C)c1. The maximum Gasteiger partial charge on any atom is 0.132 e. The molecule has 6 aromatic carbocycles. The number of ether oxygens (including phenoxy) is 2. The van der Waals surface area contributed by atoms with Crippen LogP contribution in [0.2, 0.25) is 0 Å². The molecule has 4 heteroatoms. The monoisotopic (exact) mass is 672 g/mol. The molecule has 9 rings (SSSR count). The number of para-hydroxylation sites is 2. The van der Waals surface area contributed by atoms with Crippen LogP contribution in [0, 0.1) is 20.8 Å². The first-order chi connectivity index (χ1) is 25.5. The fourth-order valence-electron chi connectivity index (χ4n) is 8.17. The summed E-state index contributed by atoms with van der Waals surface area (Å²) < 4.78 is 13.4. The first kappa shape index (κ1) is 31.5. The molecule has 0 radical (unpaired) electrons. The third kappa shape index (κ3) is 5.23. The topological polar surface area (TPSA) is 44.2 Å². The molecule has 0 fully saturated rings. The summed E-state index contributed by atoms with van der Waals surface area (Å²) in [6, 6.07) is 52.5. The number of pyridine rings is 2. The van der Waals surface area contributed by atoms with Gasteiger partial charge in [0, 0.05) is 34.5 Å². The number of aromatic nitrogens is 2. The molecule has 1 aliphatic heterocycles. The summed E-state index contributed by atoms with van der Waals surface area (Å²) in [6.45, 7) is 6.51. The number of nitrogens with zero attached hydrogens (tertiary/aromatic N) is 2. The van der Waals surface area contributed by atoms with Gasteiger partial charge in [0.15, 0.2) is 0 Å². The van der Waals surface area contributed by atoms with Crippen molar-refractivity contribution in [3.05, 3.63) is 203 Å². The first-order valence-electron chi connectivity index (χ1n) is 17.6. The van der Waals surface area contributed by atoms with Crippen LogP contribution in [0.25, 0.3) is 33.2 Å². The standard InChI is InChI=1S/C48H36N2O2/c1-31-25-32(2)46(33(3)26-31)35-27-36(47-40-16-5-4-13-34(40)22-24-50-47)29-39(28-35)51-38-15-12-14-37(30-38)48(45-21-10-11-23-49-45)41-17-6-8-19-43(41)52-44-20-9-7-18-42(44)48/h4-30H,1-3H3. The van der Waals surface area contributed by atoms with Gasteiger partial charge < -0.3 is 9.47 Å². The summed E-state index contributed by atoms with van der Waals surface area (Å²) in [7, 11) is 0. The number of fused-ring (bicyclic) bond motifs is 3. The zero-order chi connectivity index (χ0) is 35.2. The van der Waals surface area contributed by atoms with E-state index in [2.05, 4.69) is 136 Å². The Balaban J connectivity index is 1.24. The Hall–Kier alpha value is -6.52. The van der Waals surface area contributed by atoms with Gasteiger partial charge in [-0.05, 0) is 115 Å². The molecule has 52 heavy (non-hydrogen) atoms. The van der Waals surface area contributed by atoms with Crippen LogP contribution >= 0.6 is 0 Å². The molecule has 0 aliphatic carbocycles. The van der Waals surface area contributed by atoms with Gasteiger partial charge in [-0.3, -0.25) is 9.97 Å². The Morgan fingerprint density at radius 3 is 1.98 bits per heavy atom. The van der Waals surface area contributed by atoms with Crippen LogP contribution in [0.3, 0.4) is 0 Å². The van der Waals surface area contributed by atoms with Crippen LogP contribution in [0.15, 0.2) is 164 Å². The van der Waals surface area contributed by atoms with E-state index in [-0.39, 0.29) is 0 Å². The van der Waals surface area contributed by atoms with Crippen LogP contribution in [0.5, 0.6) is 23.0 Å². The lowest BCUT2D eigenvalue weighted by Crippen LogP contribution is -2.35. The summed E-state index contributed by atoms with van der Waals surface area (Å²) in [5, 5.41) is 2.24. The molecule has 0 N–H and O–H groups in total. The third-order valence-electron chi connectivity index (χ3n) is 10.2. The minimum absolute atomic E-state index is 0.723. The third-order valence-corrected chi connectivity index (χ3v) is 10.2. The highest BCUT2D eigenvalue weighted by molar-refractivity contribution is 5.95. The second-order valence-electron chi connectivity index (χ2n) is 13.6. The number of rotatable bonds is 6. The Morgan fingerprint density at radius 1 is 0.538 bits per heavy atom. The van der Waals surface area contributed by atoms with E-state index < -0.39 is 5.41 Å². The fourth-order valence-corrected chi connectivity index (χ4v) is 8.17. The highest BCUT2D eigenvalue weighted by Crippen LogP contribution is 2.55. The average molecular weight is 673 g/mol. The van der Waals surface area contributed by atoms with Crippen LogP contribution < -0.4 is 9.47 Å². The van der Waals surface area contributed by atoms with Gasteiger partial charge in [-0.1, -0.05) is 96.6 Å². The summed E-state index contributed by atoms with van der Waals surface area (Å²) in [6.07, 6.45) is 3.75. The van der Waals surface area contributed by atoms with Crippen molar-refractivity contribution >= 4 is 10.8 Å². The zero-order valence-electron chi connectivity index (χ0n) is 29.3.